The average molecular weight is 390 g/mol. The molecule has 0 amide bonds. The van der Waals surface area contributed by atoms with Gasteiger partial charge in [0.05, 0.1) is 0 Å². The molecule has 1 unspecified atom stereocenters. The van der Waals surface area contributed by atoms with E-state index in [-0.39, 0.29) is 6.04 Å². The van der Waals surface area contributed by atoms with Crippen LogP contribution in [0.3, 0.4) is 0 Å². The van der Waals surface area contributed by atoms with Gasteiger partial charge >= 0.3 is 0 Å². The summed E-state index contributed by atoms with van der Waals surface area (Å²) in [5, 5.41) is 4.21. The molecule has 0 aliphatic rings. The predicted octanol–water partition coefficient (Wildman–Crippen LogP) is 6.04. The lowest BCUT2D eigenvalue weighted by atomic mass is 10.1. The summed E-state index contributed by atoms with van der Waals surface area (Å²) in [6.45, 7) is 2.11. The fraction of sp³-hybridized carbons (Fsp3) is 0.143. The zero-order chi connectivity index (χ0) is 13.1. The van der Waals surface area contributed by atoms with E-state index in [1.807, 2.05) is 36.4 Å². The van der Waals surface area contributed by atoms with Crippen LogP contribution in [0.4, 0.5) is 5.69 Å². The van der Waals surface area contributed by atoms with Crippen molar-refractivity contribution in [1.29, 1.82) is 0 Å². The molecule has 1 atom stereocenters. The smallest absolute Gasteiger partial charge is 0.0490 e. The van der Waals surface area contributed by atoms with Gasteiger partial charge in [0.1, 0.15) is 0 Å². The maximum absolute atomic E-state index is 6.00. The number of rotatable bonds is 3. The Bertz CT molecular complexity index is 557. The van der Waals surface area contributed by atoms with Crippen LogP contribution in [0.5, 0.6) is 0 Å². The van der Waals surface area contributed by atoms with Crippen LogP contribution in [0, 0.1) is 0 Å². The molecular weight excluding hydrogens is 377 g/mol. The van der Waals surface area contributed by atoms with E-state index in [0.29, 0.717) is 0 Å². The van der Waals surface area contributed by atoms with Crippen LogP contribution in [0.1, 0.15) is 18.5 Å². The summed E-state index contributed by atoms with van der Waals surface area (Å²) >= 11 is 13.0. The van der Waals surface area contributed by atoms with Crippen molar-refractivity contribution in [2.24, 2.45) is 0 Å². The molecule has 0 heterocycles. The Kier molecular flexibility index (Phi) is 4.71. The Morgan fingerprint density at radius 3 is 2.56 bits per heavy atom. The molecule has 0 radical (unpaired) electrons. The van der Waals surface area contributed by atoms with Crippen molar-refractivity contribution in [2.75, 3.05) is 5.32 Å². The van der Waals surface area contributed by atoms with Gasteiger partial charge in [-0.1, -0.05) is 39.7 Å². The Balaban J connectivity index is 2.18. The number of hydrogen-bond acceptors (Lipinski definition) is 1. The first-order valence-electron chi connectivity index (χ1n) is 5.53. The highest BCUT2D eigenvalue weighted by molar-refractivity contribution is 9.11. The van der Waals surface area contributed by atoms with Gasteiger partial charge in [0, 0.05) is 25.7 Å². The van der Waals surface area contributed by atoms with Crippen LogP contribution in [0.25, 0.3) is 0 Å². The summed E-state index contributed by atoms with van der Waals surface area (Å²) in [5.74, 6) is 0. The summed E-state index contributed by atoms with van der Waals surface area (Å²) in [4.78, 5) is 0. The highest BCUT2D eigenvalue weighted by atomic mass is 79.9. The zero-order valence-corrected chi connectivity index (χ0v) is 13.7. The lowest BCUT2D eigenvalue weighted by molar-refractivity contribution is 0.883. The van der Waals surface area contributed by atoms with Crippen molar-refractivity contribution in [3.05, 3.63) is 62.0 Å². The molecule has 0 aromatic heterocycles. The third kappa shape index (κ3) is 3.50. The van der Waals surface area contributed by atoms with Crippen molar-refractivity contribution in [3.8, 4) is 0 Å². The highest BCUT2D eigenvalue weighted by Gasteiger charge is 2.08. The predicted molar refractivity (Wildman–Crippen MR) is 85.3 cm³/mol. The standard InChI is InChI=1S/C14H12Br2ClN/c1-9(10-3-2-4-12(17)7-10)18-14-6-5-11(15)8-13(14)16/h2-9,18H,1H3. The Morgan fingerprint density at radius 2 is 1.89 bits per heavy atom. The normalized spacial score (nSPS) is 12.2. The van der Waals surface area contributed by atoms with Gasteiger partial charge < -0.3 is 5.32 Å². The quantitative estimate of drug-likeness (QED) is 0.675. The first-order chi connectivity index (χ1) is 8.56. The summed E-state index contributed by atoms with van der Waals surface area (Å²) in [7, 11) is 0. The van der Waals surface area contributed by atoms with Gasteiger partial charge in [-0.3, -0.25) is 0 Å². The SMILES string of the molecule is CC(Nc1ccc(Br)cc1Br)c1cccc(Cl)c1. The molecule has 94 valence electrons. The lowest BCUT2D eigenvalue weighted by Crippen LogP contribution is -2.06. The van der Waals surface area contributed by atoms with Crippen LogP contribution >= 0.6 is 43.5 Å². The summed E-state index contributed by atoms with van der Waals surface area (Å²) in [6, 6.07) is 14.2. The van der Waals surface area contributed by atoms with Gasteiger partial charge in [0.25, 0.3) is 0 Å². The van der Waals surface area contributed by atoms with Crippen LogP contribution in [0.2, 0.25) is 5.02 Å². The fourth-order valence-corrected chi connectivity index (χ4v) is 3.06. The van der Waals surface area contributed by atoms with E-state index < -0.39 is 0 Å². The molecule has 18 heavy (non-hydrogen) atoms. The Labute approximate surface area is 129 Å². The number of hydrogen-bond donors (Lipinski definition) is 1. The minimum atomic E-state index is 0.196. The van der Waals surface area contributed by atoms with Gasteiger partial charge in [-0.15, -0.1) is 0 Å². The van der Waals surface area contributed by atoms with Crippen molar-refractivity contribution in [2.45, 2.75) is 13.0 Å². The van der Waals surface area contributed by atoms with Crippen LogP contribution < -0.4 is 5.32 Å². The molecule has 0 saturated heterocycles. The van der Waals surface area contributed by atoms with Gasteiger partial charge in [-0.05, 0) is 58.7 Å². The van der Waals surface area contributed by atoms with Crippen LogP contribution in [-0.2, 0) is 0 Å². The molecule has 2 rings (SSSR count). The monoisotopic (exact) mass is 387 g/mol. The molecule has 2 aromatic carbocycles. The van der Waals surface area contributed by atoms with E-state index in [1.54, 1.807) is 0 Å². The maximum atomic E-state index is 6.00. The van der Waals surface area contributed by atoms with E-state index in [4.69, 9.17) is 11.6 Å². The van der Waals surface area contributed by atoms with Crippen molar-refractivity contribution in [3.63, 3.8) is 0 Å². The summed E-state index contributed by atoms with van der Waals surface area (Å²) in [5.41, 5.74) is 2.22. The molecule has 4 heteroatoms. The van der Waals surface area contributed by atoms with Crippen molar-refractivity contribution < 1.29 is 0 Å². The second-order valence-electron chi connectivity index (χ2n) is 4.05. The van der Waals surface area contributed by atoms with Gasteiger partial charge in [-0.2, -0.15) is 0 Å². The zero-order valence-electron chi connectivity index (χ0n) is 9.75. The van der Waals surface area contributed by atoms with E-state index in [2.05, 4.69) is 50.2 Å². The first kappa shape index (κ1) is 13.9. The minimum Gasteiger partial charge on any atom is -0.378 e. The molecule has 0 bridgehead atoms. The van der Waals surface area contributed by atoms with Gasteiger partial charge in [-0.25, -0.2) is 0 Å². The second kappa shape index (κ2) is 6.09. The Morgan fingerprint density at radius 1 is 1.11 bits per heavy atom. The van der Waals surface area contributed by atoms with E-state index >= 15 is 0 Å². The highest BCUT2D eigenvalue weighted by Crippen LogP contribution is 2.29. The number of nitrogens with one attached hydrogen (secondary N) is 1. The fourth-order valence-electron chi connectivity index (χ4n) is 1.70. The number of anilines is 1. The lowest BCUT2D eigenvalue weighted by Gasteiger charge is -2.17. The largest absolute Gasteiger partial charge is 0.378 e. The van der Waals surface area contributed by atoms with Gasteiger partial charge in [0.2, 0.25) is 0 Å². The molecular formula is C14H12Br2ClN. The Hall–Kier alpha value is -0.510. The summed E-state index contributed by atoms with van der Waals surface area (Å²) < 4.78 is 2.08. The molecule has 1 nitrogen and oxygen atoms in total. The maximum Gasteiger partial charge on any atom is 0.0490 e. The van der Waals surface area contributed by atoms with E-state index in [0.717, 1.165) is 25.2 Å². The molecule has 0 aliphatic carbocycles. The molecule has 2 aromatic rings. The third-order valence-corrected chi connectivity index (χ3v) is 4.04. The summed E-state index contributed by atoms with van der Waals surface area (Å²) in [6.07, 6.45) is 0. The minimum absolute atomic E-state index is 0.196. The molecule has 0 spiro atoms. The second-order valence-corrected chi connectivity index (χ2v) is 6.25. The van der Waals surface area contributed by atoms with Crippen LogP contribution in [0.15, 0.2) is 51.4 Å². The molecule has 0 saturated carbocycles. The number of halogens is 3. The van der Waals surface area contributed by atoms with Crippen molar-refractivity contribution in [1.82, 2.24) is 0 Å². The first-order valence-corrected chi connectivity index (χ1v) is 7.50. The van der Waals surface area contributed by atoms with E-state index in [9.17, 15) is 0 Å². The molecule has 0 fully saturated rings. The van der Waals surface area contributed by atoms with Gasteiger partial charge in [0.15, 0.2) is 0 Å². The van der Waals surface area contributed by atoms with Crippen molar-refractivity contribution >= 4 is 49.1 Å². The van der Waals surface area contributed by atoms with Crippen LogP contribution in [-0.4, -0.2) is 0 Å². The topological polar surface area (TPSA) is 12.0 Å². The number of benzene rings is 2. The third-order valence-electron chi connectivity index (χ3n) is 2.65. The molecule has 1 N–H and O–H groups in total. The van der Waals surface area contributed by atoms with E-state index in [1.165, 1.54) is 0 Å². The average Bonchev–Trinajstić information content (AvgIpc) is 2.32. The molecule has 0 aliphatic heterocycles.